The molecule has 2 N–H and O–H groups in total. The second-order valence-electron chi connectivity index (χ2n) is 8.17. The van der Waals surface area contributed by atoms with Gasteiger partial charge in [-0.3, -0.25) is 10.00 Å². The molecule has 0 amide bonds. The van der Waals surface area contributed by atoms with Crippen LogP contribution < -0.4 is 10.2 Å². The van der Waals surface area contributed by atoms with E-state index in [0.29, 0.717) is 11.3 Å². The molecule has 3 aromatic heterocycles. The van der Waals surface area contributed by atoms with E-state index in [-0.39, 0.29) is 10.5 Å². The number of hydrogen-bond acceptors (Lipinski definition) is 5. The minimum Gasteiger partial charge on any atom is -0.328 e. The molecule has 8 nitrogen and oxygen atoms in total. The molecule has 2 aliphatic rings. The van der Waals surface area contributed by atoms with E-state index >= 15 is 0 Å². The molecule has 0 bridgehead atoms. The number of anilines is 3. The average Bonchev–Trinajstić information content (AvgIpc) is 3.11. The lowest BCUT2D eigenvalue weighted by Crippen LogP contribution is -2.31. The smallest absolute Gasteiger partial charge is 0.246 e. The molecule has 5 rings (SSSR count). The molecule has 1 saturated heterocycles. The maximum Gasteiger partial charge on any atom is 0.246 e. The van der Waals surface area contributed by atoms with Crippen molar-refractivity contribution in [3.63, 3.8) is 0 Å². The predicted molar refractivity (Wildman–Crippen MR) is 120 cm³/mol. The van der Waals surface area contributed by atoms with Crippen molar-refractivity contribution in [3.05, 3.63) is 30.1 Å². The van der Waals surface area contributed by atoms with Crippen LogP contribution in [0.4, 0.5) is 17.6 Å². The Morgan fingerprint density at radius 1 is 1.31 bits per heavy atom. The van der Waals surface area contributed by atoms with Gasteiger partial charge in [-0.2, -0.15) is 20.6 Å². The molecule has 154 valence electrons. The number of hydrogen-bond donors (Lipinski definition) is 2. The summed E-state index contributed by atoms with van der Waals surface area (Å²) in [7, 11) is 4.31. The molecule has 0 radical (unpaired) electrons. The van der Waals surface area contributed by atoms with E-state index in [0.717, 1.165) is 29.6 Å². The van der Waals surface area contributed by atoms with E-state index in [2.05, 4.69) is 57.2 Å². The van der Waals surface area contributed by atoms with Gasteiger partial charge < -0.3 is 10.2 Å². The van der Waals surface area contributed by atoms with Gasteiger partial charge in [-0.25, -0.2) is 4.52 Å². The molecule has 4 heterocycles. The average molecular weight is 413 g/mol. The molecule has 1 aliphatic carbocycles. The molecule has 3 aromatic rings. The Bertz CT molecular complexity index is 1050. The number of H-pyrrole nitrogens is 1. The summed E-state index contributed by atoms with van der Waals surface area (Å²) >= 11 is 0. The zero-order valence-electron chi connectivity index (χ0n) is 17.2. The lowest BCUT2D eigenvalue weighted by atomic mass is 10.3. The van der Waals surface area contributed by atoms with Crippen LogP contribution in [0.1, 0.15) is 37.3 Å². The highest BCUT2D eigenvalue weighted by Crippen LogP contribution is 2.40. The fraction of sp³-hybridized carbons (Fsp3) is 0.500. The van der Waals surface area contributed by atoms with Crippen LogP contribution in [0.2, 0.25) is 0 Å². The number of fused-ring (bicyclic) bond motifs is 1. The summed E-state index contributed by atoms with van der Waals surface area (Å²) in [5.74, 6) is 3.04. The Morgan fingerprint density at radius 2 is 2.17 bits per heavy atom. The quantitative estimate of drug-likeness (QED) is 0.606. The molecule has 2 fully saturated rings. The van der Waals surface area contributed by atoms with E-state index < -0.39 is 0 Å². The highest BCUT2D eigenvalue weighted by molar-refractivity contribution is 8.14. The van der Waals surface area contributed by atoms with Crippen LogP contribution in [0.25, 0.3) is 5.52 Å². The van der Waals surface area contributed by atoms with Crippen molar-refractivity contribution >= 4 is 39.1 Å². The molecule has 9 heteroatoms. The summed E-state index contributed by atoms with van der Waals surface area (Å²) < 4.78 is 1.91. The zero-order valence-corrected chi connectivity index (χ0v) is 18.0. The van der Waals surface area contributed by atoms with Crippen LogP contribution in [-0.4, -0.2) is 67.5 Å². The largest absolute Gasteiger partial charge is 0.328 e. The third-order valence-electron chi connectivity index (χ3n) is 5.50. The van der Waals surface area contributed by atoms with E-state index in [1.807, 2.05) is 22.8 Å². The standard InChI is InChI=1S/C20H28N8S/c1-26(2)13-29(3)18-7-5-10-27(18)20-22-19(16-6-4-11-28(16)25-20)21-17-12-15(23-24-17)14-8-9-14/h4,6,11-14,18H,5,7-10H2,1-3H3,(H2,21,22,23,24,25). The summed E-state index contributed by atoms with van der Waals surface area (Å²) in [5.41, 5.74) is 4.47. The Morgan fingerprint density at radius 3 is 2.97 bits per heavy atom. The topological polar surface area (TPSA) is 77.4 Å². The van der Waals surface area contributed by atoms with Gasteiger partial charge in [-0.05, 0) is 58.2 Å². The summed E-state index contributed by atoms with van der Waals surface area (Å²) in [5, 5.41) is 16.3. The molecule has 0 aromatic carbocycles. The van der Waals surface area contributed by atoms with Gasteiger partial charge in [0.1, 0.15) is 5.52 Å². The summed E-state index contributed by atoms with van der Waals surface area (Å²) in [6.07, 6.45) is 9.13. The monoisotopic (exact) mass is 412 g/mol. The van der Waals surface area contributed by atoms with Crippen molar-refractivity contribution < 1.29 is 0 Å². The summed E-state index contributed by atoms with van der Waals surface area (Å²) in [6, 6.07) is 6.14. The highest BCUT2D eigenvalue weighted by atomic mass is 32.2. The van der Waals surface area contributed by atoms with Gasteiger partial charge in [0.05, 0.1) is 5.37 Å². The highest BCUT2D eigenvalue weighted by Gasteiger charge is 2.29. The fourth-order valence-electron chi connectivity index (χ4n) is 4.02. The minimum absolute atomic E-state index is 0.130. The SMILES string of the molecule is CN(C)/C=S(\C)C1CCCN1c1nc(Nc2cc(C3CC3)[nH]n2)c2cccn2n1. The van der Waals surface area contributed by atoms with Gasteiger partial charge in [-0.15, -0.1) is 5.10 Å². The van der Waals surface area contributed by atoms with E-state index in [1.54, 1.807) is 0 Å². The van der Waals surface area contributed by atoms with Crippen molar-refractivity contribution in [3.8, 4) is 0 Å². The summed E-state index contributed by atoms with van der Waals surface area (Å²) in [4.78, 5) is 9.46. The Balaban J connectivity index is 1.48. The lowest BCUT2D eigenvalue weighted by Gasteiger charge is -2.27. The fourth-order valence-corrected chi connectivity index (χ4v) is 5.96. The molecule has 0 spiro atoms. The van der Waals surface area contributed by atoms with Crippen LogP contribution in [0.5, 0.6) is 0 Å². The molecule has 2 atom stereocenters. The van der Waals surface area contributed by atoms with Gasteiger partial charge in [0.2, 0.25) is 5.95 Å². The molecule has 29 heavy (non-hydrogen) atoms. The number of nitrogens with one attached hydrogen (secondary N) is 2. The van der Waals surface area contributed by atoms with Gasteiger partial charge in [0.25, 0.3) is 0 Å². The first-order valence-corrected chi connectivity index (χ1v) is 11.9. The number of aromatic nitrogens is 5. The predicted octanol–water partition coefficient (Wildman–Crippen LogP) is 3.22. The third kappa shape index (κ3) is 3.76. The van der Waals surface area contributed by atoms with Gasteiger partial charge in [0.15, 0.2) is 11.6 Å². The van der Waals surface area contributed by atoms with Crippen molar-refractivity contribution in [2.24, 2.45) is 0 Å². The van der Waals surface area contributed by atoms with Gasteiger partial charge in [-0.1, -0.05) is 0 Å². The number of aromatic amines is 1. The van der Waals surface area contributed by atoms with E-state index in [9.17, 15) is 0 Å². The number of nitrogens with zero attached hydrogens (tertiary/aromatic N) is 6. The van der Waals surface area contributed by atoms with Gasteiger partial charge >= 0.3 is 0 Å². The Labute approximate surface area is 173 Å². The number of rotatable bonds is 6. The molecular weight excluding hydrogens is 384 g/mol. The first-order valence-electron chi connectivity index (χ1n) is 10.2. The van der Waals surface area contributed by atoms with Crippen LogP contribution in [0.3, 0.4) is 0 Å². The molecule has 1 aliphatic heterocycles. The summed E-state index contributed by atoms with van der Waals surface area (Å²) in [6.45, 7) is 0.990. The molecule has 1 saturated carbocycles. The van der Waals surface area contributed by atoms with Crippen molar-refractivity contribution in [2.45, 2.75) is 37.0 Å². The lowest BCUT2D eigenvalue weighted by molar-refractivity contribution is 0.653. The van der Waals surface area contributed by atoms with Crippen molar-refractivity contribution in [1.82, 2.24) is 29.7 Å². The normalized spacial score (nSPS) is 20.8. The Hall–Kier alpha value is -2.39. The maximum atomic E-state index is 4.94. The maximum absolute atomic E-state index is 4.94. The Kier molecular flexibility index (Phi) is 4.79. The third-order valence-corrected chi connectivity index (χ3v) is 7.60. The molecular formula is C20H28N8S. The van der Waals surface area contributed by atoms with Gasteiger partial charge in [0, 0.05) is 35.9 Å². The second kappa shape index (κ2) is 7.46. The molecule has 2 unspecified atom stereocenters. The van der Waals surface area contributed by atoms with Crippen LogP contribution >= 0.6 is 10.5 Å². The van der Waals surface area contributed by atoms with Crippen LogP contribution in [0.15, 0.2) is 24.4 Å². The van der Waals surface area contributed by atoms with E-state index in [4.69, 9.17) is 10.1 Å². The van der Waals surface area contributed by atoms with Crippen LogP contribution in [0, 0.1) is 0 Å². The second-order valence-corrected chi connectivity index (χ2v) is 10.1. The van der Waals surface area contributed by atoms with Crippen molar-refractivity contribution in [2.75, 3.05) is 37.1 Å². The van der Waals surface area contributed by atoms with E-state index in [1.165, 1.54) is 31.4 Å². The minimum atomic E-state index is 0.130. The first-order chi connectivity index (χ1) is 14.1. The van der Waals surface area contributed by atoms with Crippen molar-refractivity contribution in [1.29, 1.82) is 0 Å². The van der Waals surface area contributed by atoms with Crippen LogP contribution in [-0.2, 0) is 0 Å². The first kappa shape index (κ1) is 18.6. The zero-order chi connectivity index (χ0) is 20.0.